The zero-order chi connectivity index (χ0) is 9.26. The van der Waals surface area contributed by atoms with Gasteiger partial charge in [-0.05, 0) is 38.5 Å². The summed E-state index contributed by atoms with van der Waals surface area (Å²) in [6.07, 6.45) is 7.06. The van der Waals surface area contributed by atoms with Gasteiger partial charge >= 0.3 is 0 Å². The Labute approximate surface area is 93.0 Å². The number of rotatable bonds is 2. The van der Waals surface area contributed by atoms with E-state index in [2.05, 4.69) is 27.9 Å². The van der Waals surface area contributed by atoms with Gasteiger partial charge in [-0.2, -0.15) is 0 Å². The maximum atomic E-state index is 11.6. The molecule has 1 amide bonds. The Balaban J connectivity index is 1.75. The van der Waals surface area contributed by atoms with E-state index >= 15 is 0 Å². The van der Waals surface area contributed by atoms with Gasteiger partial charge in [0.25, 0.3) is 0 Å². The van der Waals surface area contributed by atoms with Gasteiger partial charge in [0.1, 0.15) is 0 Å². The van der Waals surface area contributed by atoms with Crippen LogP contribution in [0.2, 0.25) is 0 Å². The first kappa shape index (κ1) is 9.74. The van der Waals surface area contributed by atoms with Crippen molar-refractivity contribution in [3.05, 3.63) is 0 Å². The van der Waals surface area contributed by atoms with Gasteiger partial charge in [0.2, 0.25) is 5.91 Å². The fourth-order valence-electron chi connectivity index (χ4n) is 1.86. The van der Waals surface area contributed by atoms with Gasteiger partial charge in [-0.25, -0.2) is 0 Å². The monoisotopic (exact) mass is 293 g/mol. The molecule has 1 N–H and O–H groups in total. The average molecular weight is 293 g/mol. The second kappa shape index (κ2) is 4.15. The van der Waals surface area contributed by atoms with Gasteiger partial charge in [-0.3, -0.25) is 4.79 Å². The van der Waals surface area contributed by atoms with E-state index in [0.717, 1.165) is 16.8 Å². The number of carbonyl (C=O) groups excluding carboxylic acids is 1. The van der Waals surface area contributed by atoms with Crippen molar-refractivity contribution < 1.29 is 4.79 Å². The molecule has 0 aliphatic heterocycles. The van der Waals surface area contributed by atoms with E-state index in [4.69, 9.17) is 0 Å². The molecule has 0 saturated heterocycles. The molecule has 0 heterocycles. The second-order valence-electron chi connectivity index (χ2n) is 4.23. The smallest absolute Gasteiger partial charge is 0.223 e. The zero-order valence-corrected chi connectivity index (χ0v) is 9.92. The van der Waals surface area contributed by atoms with Crippen LogP contribution in [0.15, 0.2) is 0 Å². The maximum absolute atomic E-state index is 11.6. The largest absolute Gasteiger partial charge is 0.353 e. The topological polar surface area (TPSA) is 29.1 Å². The summed E-state index contributed by atoms with van der Waals surface area (Å²) in [7, 11) is 0. The molecule has 74 valence electrons. The van der Waals surface area contributed by atoms with Crippen LogP contribution >= 0.6 is 22.6 Å². The molecule has 0 aromatic rings. The van der Waals surface area contributed by atoms with Crippen molar-refractivity contribution in [3.8, 4) is 0 Å². The van der Waals surface area contributed by atoms with Gasteiger partial charge in [0, 0.05) is 15.9 Å². The predicted octanol–water partition coefficient (Wildman–Crippen LogP) is 2.26. The van der Waals surface area contributed by atoms with Gasteiger partial charge in [0.15, 0.2) is 0 Å². The molecular weight excluding hydrogens is 277 g/mol. The van der Waals surface area contributed by atoms with Gasteiger partial charge in [0.05, 0.1) is 0 Å². The summed E-state index contributed by atoms with van der Waals surface area (Å²) in [5, 5.41) is 3.10. The SMILES string of the molecule is O=C(NC1CC1)[C@H]1CC[C@H](I)CC1. The summed E-state index contributed by atoms with van der Waals surface area (Å²) in [6.45, 7) is 0. The summed E-state index contributed by atoms with van der Waals surface area (Å²) < 4.78 is 0.808. The number of hydrogen-bond acceptors (Lipinski definition) is 1. The third-order valence-electron chi connectivity index (χ3n) is 2.95. The first-order valence-electron chi connectivity index (χ1n) is 5.20. The number of hydrogen-bond donors (Lipinski definition) is 1. The van der Waals surface area contributed by atoms with Crippen molar-refractivity contribution >= 4 is 28.5 Å². The third kappa shape index (κ3) is 2.82. The molecule has 2 nitrogen and oxygen atoms in total. The maximum Gasteiger partial charge on any atom is 0.223 e. The standard InChI is InChI=1S/C10H16INO/c11-8-3-1-7(2-4-8)10(13)12-9-5-6-9/h7-9H,1-6H2,(H,12,13)/t7-,8-. The van der Waals surface area contributed by atoms with E-state index in [-0.39, 0.29) is 0 Å². The molecule has 2 rings (SSSR count). The van der Waals surface area contributed by atoms with Crippen LogP contribution < -0.4 is 5.32 Å². The second-order valence-corrected chi connectivity index (χ2v) is 5.99. The van der Waals surface area contributed by atoms with E-state index in [1.54, 1.807) is 0 Å². The van der Waals surface area contributed by atoms with Crippen molar-refractivity contribution in [2.24, 2.45) is 5.92 Å². The van der Waals surface area contributed by atoms with Crippen molar-refractivity contribution in [1.29, 1.82) is 0 Å². The van der Waals surface area contributed by atoms with Gasteiger partial charge in [-0.15, -0.1) is 0 Å². The molecule has 0 radical (unpaired) electrons. The predicted molar refractivity (Wildman–Crippen MR) is 60.9 cm³/mol. The molecule has 0 aromatic carbocycles. The first-order chi connectivity index (χ1) is 6.25. The quantitative estimate of drug-likeness (QED) is 0.614. The molecule has 0 aromatic heterocycles. The molecule has 2 fully saturated rings. The van der Waals surface area contributed by atoms with Crippen LogP contribution in [0.3, 0.4) is 0 Å². The Morgan fingerprint density at radius 2 is 1.69 bits per heavy atom. The normalized spacial score (nSPS) is 34.2. The van der Waals surface area contributed by atoms with Gasteiger partial charge < -0.3 is 5.32 Å². The number of carbonyl (C=O) groups is 1. The lowest BCUT2D eigenvalue weighted by Crippen LogP contribution is -2.34. The molecule has 13 heavy (non-hydrogen) atoms. The van der Waals surface area contributed by atoms with Crippen LogP contribution in [-0.4, -0.2) is 15.9 Å². The number of amides is 1. The molecule has 0 unspecified atom stereocenters. The summed E-state index contributed by atoms with van der Waals surface area (Å²) in [4.78, 5) is 11.6. The molecule has 0 bridgehead atoms. The van der Waals surface area contributed by atoms with Crippen molar-refractivity contribution in [2.75, 3.05) is 0 Å². The molecule has 2 saturated carbocycles. The lowest BCUT2D eigenvalue weighted by Gasteiger charge is -2.24. The Hall–Kier alpha value is 0.200. The summed E-state index contributed by atoms with van der Waals surface area (Å²) in [6, 6.07) is 0.532. The van der Waals surface area contributed by atoms with Crippen LogP contribution in [0.25, 0.3) is 0 Å². The number of alkyl halides is 1. The Morgan fingerprint density at radius 1 is 1.08 bits per heavy atom. The minimum atomic E-state index is 0.325. The molecule has 2 aliphatic rings. The Kier molecular flexibility index (Phi) is 3.11. The molecule has 3 heteroatoms. The minimum absolute atomic E-state index is 0.325. The highest BCUT2D eigenvalue weighted by Crippen LogP contribution is 2.30. The van der Waals surface area contributed by atoms with E-state index in [1.165, 1.54) is 25.7 Å². The van der Waals surface area contributed by atoms with Crippen LogP contribution in [0.5, 0.6) is 0 Å². The third-order valence-corrected chi connectivity index (χ3v) is 4.20. The van der Waals surface area contributed by atoms with Crippen LogP contribution in [0.4, 0.5) is 0 Å². The lowest BCUT2D eigenvalue weighted by atomic mass is 9.88. The molecule has 0 spiro atoms. The van der Waals surface area contributed by atoms with E-state index in [0.29, 0.717) is 17.9 Å². The van der Waals surface area contributed by atoms with Crippen molar-refractivity contribution in [2.45, 2.75) is 48.5 Å². The summed E-state index contributed by atoms with van der Waals surface area (Å²) in [5.41, 5.74) is 0. The number of halogens is 1. The fraction of sp³-hybridized carbons (Fsp3) is 0.900. The molecule has 2 aliphatic carbocycles. The lowest BCUT2D eigenvalue weighted by molar-refractivity contribution is -0.126. The van der Waals surface area contributed by atoms with Gasteiger partial charge in [-0.1, -0.05) is 22.6 Å². The van der Waals surface area contributed by atoms with E-state index in [1.807, 2.05) is 0 Å². The highest BCUT2D eigenvalue weighted by atomic mass is 127. The highest BCUT2D eigenvalue weighted by Gasteiger charge is 2.29. The summed E-state index contributed by atoms with van der Waals surface area (Å²) in [5.74, 6) is 0.650. The highest BCUT2D eigenvalue weighted by molar-refractivity contribution is 14.1. The Bertz CT molecular complexity index is 195. The minimum Gasteiger partial charge on any atom is -0.353 e. The summed E-state index contributed by atoms with van der Waals surface area (Å²) >= 11 is 2.50. The Morgan fingerprint density at radius 3 is 2.23 bits per heavy atom. The van der Waals surface area contributed by atoms with Crippen molar-refractivity contribution in [3.63, 3.8) is 0 Å². The van der Waals surface area contributed by atoms with Crippen LogP contribution in [0, 0.1) is 5.92 Å². The van der Waals surface area contributed by atoms with Crippen LogP contribution in [-0.2, 0) is 4.79 Å². The zero-order valence-electron chi connectivity index (χ0n) is 7.76. The first-order valence-corrected chi connectivity index (χ1v) is 6.44. The van der Waals surface area contributed by atoms with Crippen molar-refractivity contribution in [1.82, 2.24) is 5.32 Å². The van der Waals surface area contributed by atoms with E-state index < -0.39 is 0 Å². The molecular formula is C10H16INO. The van der Waals surface area contributed by atoms with Crippen LogP contribution in [0.1, 0.15) is 38.5 Å². The molecule has 0 atom stereocenters. The average Bonchev–Trinajstić information content (AvgIpc) is 2.89. The number of nitrogens with one attached hydrogen (secondary N) is 1. The fourth-order valence-corrected chi connectivity index (χ4v) is 2.58. The van der Waals surface area contributed by atoms with E-state index in [9.17, 15) is 4.79 Å².